The highest BCUT2D eigenvalue weighted by Crippen LogP contribution is 2.31. The second kappa shape index (κ2) is 7.81. The van der Waals surface area contributed by atoms with E-state index in [4.69, 9.17) is 11.2 Å². The highest BCUT2D eigenvalue weighted by atomic mass is 19.3. The summed E-state index contributed by atoms with van der Waals surface area (Å²) in [5.74, 6) is -7.38. The van der Waals surface area contributed by atoms with Crippen LogP contribution in [0.2, 0.25) is 0 Å². The fourth-order valence-corrected chi connectivity index (χ4v) is 1.56. The van der Waals surface area contributed by atoms with Crippen molar-refractivity contribution in [1.82, 2.24) is 0 Å². The molecule has 0 aromatic heterocycles. The molecule has 0 heterocycles. The van der Waals surface area contributed by atoms with Crippen LogP contribution in [-0.4, -0.2) is 24.4 Å². The largest absolute Gasteiger partial charge is 0.390 e. The van der Waals surface area contributed by atoms with Gasteiger partial charge in [0.15, 0.2) is 11.6 Å². The van der Waals surface area contributed by atoms with Gasteiger partial charge in [0.25, 0.3) is 0 Å². The van der Waals surface area contributed by atoms with Gasteiger partial charge in [0.05, 0.1) is 19.3 Å². The monoisotopic (exact) mass is 310 g/mol. The second-order valence-electron chi connectivity index (χ2n) is 4.03. The van der Waals surface area contributed by atoms with E-state index in [-0.39, 0.29) is 19.6 Å². The molecule has 0 aliphatic rings. The van der Waals surface area contributed by atoms with E-state index in [0.717, 1.165) is 0 Å². The maximum atomic E-state index is 13.5. The predicted molar refractivity (Wildman–Crippen MR) is 62.0 cm³/mol. The third kappa shape index (κ3) is 4.06. The van der Waals surface area contributed by atoms with E-state index < -0.39 is 47.1 Å². The Labute approximate surface area is 117 Å². The molecule has 1 aromatic carbocycles. The summed E-state index contributed by atoms with van der Waals surface area (Å²) < 4.78 is 69.8. The van der Waals surface area contributed by atoms with Crippen LogP contribution in [0.25, 0.3) is 0 Å². The lowest BCUT2D eigenvalue weighted by molar-refractivity contribution is -0.0152. The molecule has 1 unspecified atom stereocenters. The Bertz CT molecular complexity index is 542. The minimum absolute atomic E-state index is 0.106. The molecule has 8 heteroatoms. The molecule has 1 rings (SSSR count). The van der Waals surface area contributed by atoms with E-state index in [2.05, 4.69) is 10.9 Å². The van der Waals surface area contributed by atoms with Gasteiger partial charge in [-0.05, 0) is 0 Å². The molecule has 0 spiro atoms. The molecule has 0 saturated heterocycles. The van der Waals surface area contributed by atoms with Crippen LogP contribution < -0.4 is 4.94 Å². The number of aliphatic hydroxyl groups excluding tert-OH is 1. The SMILES string of the molecule is C#CCCOCC(O)Cc1c(F)c(F)c(F)c(F)c1OF. The van der Waals surface area contributed by atoms with Gasteiger partial charge in [0, 0.05) is 22.9 Å². The van der Waals surface area contributed by atoms with Crippen molar-refractivity contribution in [3.05, 3.63) is 28.8 Å². The number of ether oxygens (including phenoxy) is 1. The Hall–Kier alpha value is -1.85. The lowest BCUT2D eigenvalue weighted by Crippen LogP contribution is -2.20. The van der Waals surface area contributed by atoms with E-state index in [1.54, 1.807) is 0 Å². The van der Waals surface area contributed by atoms with Gasteiger partial charge in [0.2, 0.25) is 17.4 Å². The number of rotatable bonds is 7. The third-order valence-electron chi connectivity index (χ3n) is 2.53. The normalized spacial score (nSPS) is 12.0. The minimum Gasteiger partial charge on any atom is -0.390 e. The summed E-state index contributed by atoms with van der Waals surface area (Å²) >= 11 is 0. The lowest BCUT2D eigenvalue weighted by atomic mass is 10.1. The predicted octanol–water partition coefficient (Wildman–Crippen LogP) is 2.45. The van der Waals surface area contributed by atoms with Crippen molar-refractivity contribution in [2.45, 2.75) is 18.9 Å². The Morgan fingerprint density at radius 2 is 1.71 bits per heavy atom. The molecule has 0 fully saturated rings. The van der Waals surface area contributed by atoms with E-state index in [0.29, 0.717) is 0 Å². The number of benzene rings is 1. The average molecular weight is 310 g/mol. The lowest BCUT2D eigenvalue weighted by Gasteiger charge is -2.14. The number of hydrogen-bond donors (Lipinski definition) is 1. The molecule has 21 heavy (non-hydrogen) atoms. The Kier molecular flexibility index (Phi) is 6.39. The van der Waals surface area contributed by atoms with E-state index in [9.17, 15) is 27.2 Å². The van der Waals surface area contributed by atoms with Gasteiger partial charge in [-0.1, -0.05) is 0 Å². The number of halogens is 5. The highest BCUT2D eigenvalue weighted by Gasteiger charge is 2.28. The molecule has 1 atom stereocenters. The maximum Gasteiger partial charge on any atom is 0.216 e. The van der Waals surface area contributed by atoms with Crippen molar-refractivity contribution in [2.75, 3.05) is 13.2 Å². The summed E-state index contributed by atoms with van der Waals surface area (Å²) in [5.41, 5.74) is -0.970. The fraction of sp³-hybridized carbons (Fsp3) is 0.385. The van der Waals surface area contributed by atoms with Crippen molar-refractivity contribution >= 4 is 0 Å². The van der Waals surface area contributed by atoms with E-state index in [1.165, 1.54) is 0 Å². The molecular formula is C13H11F5O3. The first-order chi connectivity index (χ1) is 9.93. The van der Waals surface area contributed by atoms with E-state index >= 15 is 0 Å². The molecule has 116 valence electrons. The van der Waals surface area contributed by atoms with Gasteiger partial charge in [-0.2, -0.15) is 4.39 Å². The Morgan fingerprint density at radius 3 is 2.29 bits per heavy atom. The Morgan fingerprint density at radius 1 is 1.10 bits per heavy atom. The molecule has 1 aromatic rings. The molecule has 0 radical (unpaired) electrons. The minimum atomic E-state index is -2.20. The van der Waals surface area contributed by atoms with Crippen molar-refractivity contribution in [2.24, 2.45) is 0 Å². The zero-order valence-electron chi connectivity index (χ0n) is 10.6. The van der Waals surface area contributed by atoms with Gasteiger partial charge in [-0.25, -0.2) is 13.2 Å². The topological polar surface area (TPSA) is 38.7 Å². The van der Waals surface area contributed by atoms with Crippen LogP contribution in [0.4, 0.5) is 22.1 Å². The van der Waals surface area contributed by atoms with Crippen LogP contribution in [0.15, 0.2) is 0 Å². The second-order valence-corrected chi connectivity index (χ2v) is 4.03. The Balaban J connectivity index is 2.90. The highest BCUT2D eigenvalue weighted by molar-refractivity contribution is 5.38. The molecule has 0 saturated carbocycles. The van der Waals surface area contributed by atoms with Crippen molar-refractivity contribution < 1.29 is 36.9 Å². The van der Waals surface area contributed by atoms with Gasteiger partial charge in [0.1, 0.15) is 0 Å². The van der Waals surface area contributed by atoms with Crippen molar-refractivity contribution in [3.8, 4) is 18.1 Å². The van der Waals surface area contributed by atoms with Gasteiger partial charge >= 0.3 is 0 Å². The van der Waals surface area contributed by atoms with Crippen molar-refractivity contribution in [1.29, 1.82) is 0 Å². The molecule has 0 aliphatic carbocycles. The summed E-state index contributed by atoms with van der Waals surface area (Å²) in [6, 6.07) is 0. The molecule has 0 bridgehead atoms. The summed E-state index contributed by atoms with van der Waals surface area (Å²) in [6.45, 7) is -0.234. The number of hydrogen-bond acceptors (Lipinski definition) is 3. The zero-order chi connectivity index (χ0) is 16.0. The van der Waals surface area contributed by atoms with Gasteiger partial charge < -0.3 is 9.84 Å². The van der Waals surface area contributed by atoms with Crippen LogP contribution in [0, 0.1) is 35.6 Å². The average Bonchev–Trinajstić information content (AvgIpc) is 2.47. The summed E-state index contributed by atoms with van der Waals surface area (Å²) in [6.07, 6.45) is 3.06. The maximum absolute atomic E-state index is 13.5. The number of terminal acetylenes is 1. The summed E-state index contributed by atoms with van der Waals surface area (Å²) in [4.78, 5) is 3.04. The smallest absolute Gasteiger partial charge is 0.216 e. The van der Waals surface area contributed by atoms with Crippen LogP contribution in [0.1, 0.15) is 12.0 Å². The molecule has 3 nitrogen and oxygen atoms in total. The quantitative estimate of drug-likeness (QED) is 0.276. The standard InChI is InChI=1S/C13H11F5O3/c1-2-3-4-20-6-7(19)5-8-9(14)10(15)11(16)12(17)13(8)21-18/h1,7,19H,3-6H2. The van der Waals surface area contributed by atoms with Crippen LogP contribution in [0.5, 0.6) is 5.75 Å². The van der Waals surface area contributed by atoms with Crippen molar-refractivity contribution in [3.63, 3.8) is 0 Å². The third-order valence-corrected chi connectivity index (χ3v) is 2.53. The van der Waals surface area contributed by atoms with E-state index in [1.807, 2.05) is 0 Å². The first-order valence-electron chi connectivity index (χ1n) is 5.76. The fourth-order valence-electron chi connectivity index (χ4n) is 1.56. The molecular weight excluding hydrogens is 299 g/mol. The van der Waals surface area contributed by atoms with Crippen LogP contribution in [-0.2, 0) is 11.2 Å². The number of aliphatic hydroxyl groups is 1. The van der Waals surface area contributed by atoms with Crippen LogP contribution in [0.3, 0.4) is 0 Å². The molecule has 1 N–H and O–H groups in total. The van der Waals surface area contributed by atoms with Gasteiger partial charge in [-0.15, -0.1) is 12.3 Å². The van der Waals surface area contributed by atoms with Crippen LogP contribution >= 0.6 is 0 Å². The summed E-state index contributed by atoms with van der Waals surface area (Å²) in [7, 11) is 0. The van der Waals surface area contributed by atoms with Gasteiger partial charge in [-0.3, -0.25) is 4.94 Å². The molecule has 0 amide bonds. The molecule has 0 aliphatic heterocycles. The first-order valence-corrected chi connectivity index (χ1v) is 5.76. The zero-order valence-corrected chi connectivity index (χ0v) is 10.6. The first kappa shape index (κ1) is 17.2. The summed E-state index contributed by atoms with van der Waals surface area (Å²) in [5, 5.41) is 9.54.